The summed E-state index contributed by atoms with van der Waals surface area (Å²) in [5.74, 6) is 0. The minimum atomic E-state index is 1.04. The van der Waals surface area contributed by atoms with E-state index in [0.717, 1.165) is 11.4 Å². The smallest absolute Gasteiger partial charge is 0.0582 e. The third kappa shape index (κ3) is 0.667. The van der Waals surface area contributed by atoms with Crippen molar-refractivity contribution in [2.75, 3.05) is 0 Å². The highest BCUT2D eigenvalue weighted by molar-refractivity contribution is 5.04. The second kappa shape index (κ2) is 1.42. The van der Waals surface area contributed by atoms with Crippen LogP contribution in [0.25, 0.3) is 0 Å². The lowest BCUT2D eigenvalue weighted by Gasteiger charge is -1.88. The summed E-state index contributed by atoms with van der Waals surface area (Å²) in [6, 6.07) is 0. The first-order chi connectivity index (χ1) is 3.30. The Morgan fingerprint density at radius 2 is 1.57 bits per heavy atom. The quantitative estimate of drug-likeness (QED) is 0.458. The Hall–Kier alpha value is -0.700. The van der Waals surface area contributed by atoms with Gasteiger partial charge in [-0.25, -0.2) is 11.0 Å². The average molecular weight is 100 g/mol. The summed E-state index contributed by atoms with van der Waals surface area (Å²) in [5.41, 5.74) is 7.36. The van der Waals surface area contributed by atoms with Crippen molar-refractivity contribution in [3.63, 3.8) is 0 Å². The van der Waals surface area contributed by atoms with Crippen molar-refractivity contribution in [1.29, 1.82) is 0 Å². The minimum Gasteiger partial charge on any atom is -0.245 e. The molecule has 0 atom stereocenters. The van der Waals surface area contributed by atoms with E-state index >= 15 is 0 Å². The molecule has 3 nitrogen and oxygen atoms in total. The van der Waals surface area contributed by atoms with Crippen molar-refractivity contribution in [2.24, 2.45) is 0 Å². The molecule has 0 aromatic rings. The van der Waals surface area contributed by atoms with Crippen LogP contribution in [0.15, 0.2) is 11.4 Å². The topological polar surface area (TPSA) is 33.3 Å². The fourth-order valence-corrected chi connectivity index (χ4v) is 0.332. The largest absolute Gasteiger partial charge is 0.245 e. The van der Waals surface area contributed by atoms with E-state index < -0.39 is 0 Å². The zero-order valence-electron chi connectivity index (χ0n) is 4.41. The van der Waals surface area contributed by atoms with Crippen LogP contribution in [0.4, 0.5) is 0 Å². The van der Waals surface area contributed by atoms with Gasteiger partial charge in [-0.1, -0.05) is 0 Å². The van der Waals surface area contributed by atoms with Crippen molar-refractivity contribution in [2.45, 2.75) is 13.8 Å². The van der Waals surface area contributed by atoms with Crippen LogP contribution in [-0.2, 0) is 4.94 Å². The Morgan fingerprint density at radius 1 is 1.14 bits per heavy atom. The van der Waals surface area contributed by atoms with Crippen LogP contribution in [0.1, 0.15) is 13.8 Å². The molecule has 1 aliphatic heterocycles. The first kappa shape index (κ1) is 4.46. The van der Waals surface area contributed by atoms with Gasteiger partial charge in [-0.05, 0) is 13.8 Å². The Bertz CT molecular complexity index is 96.3. The van der Waals surface area contributed by atoms with Crippen LogP contribution in [0.2, 0.25) is 0 Å². The predicted octanol–water partition coefficient (Wildman–Crippen LogP) is 0.277. The Morgan fingerprint density at radius 3 is 1.71 bits per heavy atom. The second-order valence-electron chi connectivity index (χ2n) is 1.56. The Balaban J connectivity index is 2.64. The third-order valence-corrected chi connectivity index (χ3v) is 0.971. The van der Waals surface area contributed by atoms with E-state index in [-0.39, 0.29) is 0 Å². The molecular formula is C4H8N2O. The van der Waals surface area contributed by atoms with Crippen molar-refractivity contribution in [3.8, 4) is 0 Å². The highest BCUT2D eigenvalue weighted by Crippen LogP contribution is 1.99. The van der Waals surface area contributed by atoms with Gasteiger partial charge in [0.15, 0.2) is 0 Å². The molecule has 7 heavy (non-hydrogen) atoms. The van der Waals surface area contributed by atoms with Gasteiger partial charge >= 0.3 is 0 Å². The molecule has 1 aliphatic rings. The molecule has 0 bridgehead atoms. The Kier molecular flexibility index (Phi) is 0.906. The van der Waals surface area contributed by atoms with Crippen LogP contribution in [0, 0.1) is 0 Å². The van der Waals surface area contributed by atoms with E-state index in [0.29, 0.717) is 0 Å². The summed E-state index contributed by atoms with van der Waals surface area (Å²) in [6.07, 6.45) is 0. The van der Waals surface area contributed by atoms with E-state index in [1.807, 2.05) is 13.8 Å². The standard InChI is InChI=1S/C4H8N2O/c1-3-4(2)6-7-5-3/h5-6H,1-2H3. The molecule has 0 spiro atoms. The van der Waals surface area contributed by atoms with Gasteiger partial charge in [0.2, 0.25) is 0 Å². The van der Waals surface area contributed by atoms with E-state index in [2.05, 4.69) is 15.9 Å². The number of allylic oxidation sites excluding steroid dienone is 2. The monoisotopic (exact) mass is 100 g/mol. The first-order valence-electron chi connectivity index (χ1n) is 2.16. The molecule has 1 rings (SSSR count). The van der Waals surface area contributed by atoms with E-state index in [1.54, 1.807) is 0 Å². The number of hydrogen-bond donors (Lipinski definition) is 2. The summed E-state index contributed by atoms with van der Waals surface area (Å²) in [5, 5.41) is 0. The van der Waals surface area contributed by atoms with E-state index in [9.17, 15) is 0 Å². The summed E-state index contributed by atoms with van der Waals surface area (Å²) in [6.45, 7) is 3.88. The van der Waals surface area contributed by atoms with Gasteiger partial charge in [0, 0.05) is 0 Å². The van der Waals surface area contributed by atoms with Crippen molar-refractivity contribution >= 4 is 0 Å². The normalized spacial score (nSPS) is 19.1. The van der Waals surface area contributed by atoms with Crippen LogP contribution >= 0.6 is 0 Å². The number of nitrogens with one attached hydrogen (secondary N) is 2. The molecule has 2 N–H and O–H groups in total. The van der Waals surface area contributed by atoms with E-state index in [4.69, 9.17) is 0 Å². The van der Waals surface area contributed by atoms with Gasteiger partial charge in [-0.3, -0.25) is 0 Å². The maximum Gasteiger partial charge on any atom is 0.0582 e. The van der Waals surface area contributed by atoms with E-state index in [1.165, 1.54) is 0 Å². The molecule has 0 saturated carbocycles. The maximum absolute atomic E-state index is 4.59. The van der Waals surface area contributed by atoms with Gasteiger partial charge in [0.25, 0.3) is 0 Å². The fourth-order valence-electron chi connectivity index (χ4n) is 0.332. The van der Waals surface area contributed by atoms with Gasteiger partial charge in [-0.15, -0.1) is 0 Å². The molecule has 0 unspecified atom stereocenters. The zero-order valence-corrected chi connectivity index (χ0v) is 4.41. The molecular weight excluding hydrogens is 92.1 g/mol. The first-order valence-corrected chi connectivity index (χ1v) is 2.16. The van der Waals surface area contributed by atoms with Gasteiger partial charge < -0.3 is 0 Å². The molecule has 1 heterocycles. The van der Waals surface area contributed by atoms with Crippen LogP contribution in [0.5, 0.6) is 0 Å². The summed E-state index contributed by atoms with van der Waals surface area (Å²) >= 11 is 0. The molecule has 0 aromatic carbocycles. The molecule has 0 saturated heterocycles. The lowest BCUT2D eigenvalue weighted by atomic mass is 10.4. The number of rotatable bonds is 0. The molecule has 0 aromatic heterocycles. The fraction of sp³-hybridized carbons (Fsp3) is 0.500. The van der Waals surface area contributed by atoms with Crippen molar-refractivity contribution in [1.82, 2.24) is 11.0 Å². The SMILES string of the molecule is CC1=C(C)NON1. The molecule has 0 aliphatic carbocycles. The molecule has 40 valence electrons. The maximum atomic E-state index is 4.59. The minimum absolute atomic E-state index is 1.04. The van der Waals surface area contributed by atoms with Crippen LogP contribution < -0.4 is 11.0 Å². The van der Waals surface area contributed by atoms with Crippen LogP contribution in [0.3, 0.4) is 0 Å². The van der Waals surface area contributed by atoms with Crippen molar-refractivity contribution < 1.29 is 4.94 Å². The summed E-state index contributed by atoms with van der Waals surface area (Å²) in [4.78, 5) is 4.59. The second-order valence-corrected chi connectivity index (χ2v) is 1.56. The summed E-state index contributed by atoms with van der Waals surface area (Å²) < 4.78 is 0. The third-order valence-electron chi connectivity index (χ3n) is 0.971. The predicted molar refractivity (Wildman–Crippen MR) is 25.7 cm³/mol. The van der Waals surface area contributed by atoms with Crippen molar-refractivity contribution in [3.05, 3.63) is 11.4 Å². The lowest BCUT2D eigenvalue weighted by Crippen LogP contribution is -2.09. The van der Waals surface area contributed by atoms with Gasteiger partial charge in [0.05, 0.1) is 11.4 Å². The molecule has 0 amide bonds. The lowest BCUT2D eigenvalue weighted by molar-refractivity contribution is 0.0246. The molecule has 0 radical (unpaired) electrons. The average Bonchev–Trinajstić information content (AvgIpc) is 1.91. The van der Waals surface area contributed by atoms with Gasteiger partial charge in [-0.2, -0.15) is 4.94 Å². The Labute approximate surface area is 42.3 Å². The zero-order chi connectivity index (χ0) is 5.28. The number of hydroxylamine groups is 2. The molecule has 0 fully saturated rings. The summed E-state index contributed by atoms with van der Waals surface area (Å²) in [7, 11) is 0. The highest BCUT2D eigenvalue weighted by Gasteiger charge is 2.01. The van der Waals surface area contributed by atoms with Gasteiger partial charge in [0.1, 0.15) is 0 Å². The molecule has 3 heteroatoms. The van der Waals surface area contributed by atoms with Crippen LogP contribution in [-0.4, -0.2) is 0 Å². The number of hydrogen-bond acceptors (Lipinski definition) is 3. The highest BCUT2D eigenvalue weighted by atomic mass is 16.8.